The quantitative estimate of drug-likeness (QED) is 0.193. The van der Waals surface area contributed by atoms with Crippen LogP contribution in [-0.4, -0.2) is 35.5 Å². The van der Waals surface area contributed by atoms with Crippen molar-refractivity contribution in [3.05, 3.63) is 144 Å². The van der Waals surface area contributed by atoms with Crippen molar-refractivity contribution >= 4 is 5.97 Å². The van der Waals surface area contributed by atoms with Gasteiger partial charge in [-0.15, -0.1) is 0 Å². The summed E-state index contributed by atoms with van der Waals surface area (Å²) in [6.07, 6.45) is 0.372. The second-order valence-corrected chi connectivity index (χ2v) is 9.33. The highest BCUT2D eigenvalue weighted by Crippen LogP contribution is 2.12. The van der Waals surface area contributed by atoms with Crippen LogP contribution < -0.4 is 0 Å². The first-order valence-electron chi connectivity index (χ1n) is 13.0. The summed E-state index contributed by atoms with van der Waals surface area (Å²) >= 11 is 0. The summed E-state index contributed by atoms with van der Waals surface area (Å²) in [6.45, 7) is 4.95. The lowest BCUT2D eigenvalue weighted by molar-refractivity contribution is -0.144. The first-order valence-corrected chi connectivity index (χ1v) is 13.0. The molecule has 0 atom stereocenters. The smallest absolute Gasteiger partial charge is 0.307 e. The minimum Gasteiger partial charge on any atom is -0.464 e. The Kier molecular flexibility index (Phi) is 10.5. The number of carbonyl (C=O) groups excluding carboxylic acids is 1. The molecule has 4 heteroatoms. The van der Waals surface area contributed by atoms with E-state index in [1.165, 1.54) is 22.3 Å². The van der Waals surface area contributed by atoms with E-state index in [2.05, 4.69) is 107 Å². The van der Waals surface area contributed by atoms with E-state index in [9.17, 15) is 4.79 Å². The van der Waals surface area contributed by atoms with E-state index in [4.69, 9.17) is 4.74 Å². The van der Waals surface area contributed by atoms with E-state index in [0.29, 0.717) is 26.1 Å². The van der Waals surface area contributed by atoms with Gasteiger partial charge in [0.15, 0.2) is 0 Å². The molecular weight excluding hydrogens is 456 g/mol. The van der Waals surface area contributed by atoms with Crippen LogP contribution in [-0.2, 0) is 35.7 Å². The molecule has 0 aromatic heterocycles. The Morgan fingerprint density at radius 2 is 0.811 bits per heavy atom. The molecule has 4 rings (SSSR count). The number of nitrogens with zero attached hydrogens (tertiary/aromatic N) is 2. The molecular formula is C33H36N2O2. The van der Waals surface area contributed by atoms with Crippen molar-refractivity contribution in [1.82, 2.24) is 9.80 Å². The van der Waals surface area contributed by atoms with Crippen LogP contribution >= 0.6 is 0 Å². The number of rotatable bonds is 14. The van der Waals surface area contributed by atoms with E-state index in [-0.39, 0.29) is 5.97 Å². The fourth-order valence-corrected chi connectivity index (χ4v) is 4.40. The van der Waals surface area contributed by atoms with Crippen LogP contribution in [0.2, 0.25) is 0 Å². The summed E-state index contributed by atoms with van der Waals surface area (Å²) in [5.41, 5.74) is 4.98. The molecule has 37 heavy (non-hydrogen) atoms. The van der Waals surface area contributed by atoms with E-state index in [0.717, 1.165) is 26.2 Å². The van der Waals surface area contributed by atoms with Crippen LogP contribution in [0, 0.1) is 0 Å². The zero-order chi connectivity index (χ0) is 25.5. The maximum absolute atomic E-state index is 12.7. The molecule has 0 bridgehead atoms. The third-order valence-electron chi connectivity index (χ3n) is 6.30. The highest BCUT2D eigenvalue weighted by molar-refractivity contribution is 5.69. The third kappa shape index (κ3) is 9.68. The summed E-state index contributed by atoms with van der Waals surface area (Å²) in [4.78, 5) is 17.3. The highest BCUT2D eigenvalue weighted by atomic mass is 16.5. The van der Waals surface area contributed by atoms with Crippen molar-refractivity contribution in [2.45, 2.75) is 32.6 Å². The molecule has 0 spiro atoms. The van der Waals surface area contributed by atoms with Crippen molar-refractivity contribution in [3.63, 3.8) is 0 Å². The zero-order valence-electron chi connectivity index (χ0n) is 21.4. The van der Waals surface area contributed by atoms with Crippen LogP contribution in [0.1, 0.15) is 28.7 Å². The maximum Gasteiger partial charge on any atom is 0.307 e. The zero-order valence-corrected chi connectivity index (χ0v) is 21.4. The average Bonchev–Trinajstić information content (AvgIpc) is 2.94. The van der Waals surface area contributed by atoms with Crippen LogP contribution in [0.25, 0.3) is 0 Å². The number of carbonyl (C=O) groups is 1. The first-order chi connectivity index (χ1) is 18.2. The van der Waals surface area contributed by atoms with Crippen LogP contribution in [0.15, 0.2) is 121 Å². The molecule has 4 aromatic rings. The minimum atomic E-state index is -0.148. The largest absolute Gasteiger partial charge is 0.464 e. The lowest BCUT2D eigenvalue weighted by atomic mass is 10.1. The number of benzene rings is 4. The third-order valence-corrected chi connectivity index (χ3v) is 6.30. The van der Waals surface area contributed by atoms with Crippen molar-refractivity contribution in [1.29, 1.82) is 0 Å². The van der Waals surface area contributed by atoms with Gasteiger partial charge >= 0.3 is 5.97 Å². The van der Waals surface area contributed by atoms with E-state index in [1.54, 1.807) is 0 Å². The molecule has 0 saturated carbocycles. The summed E-state index contributed by atoms with van der Waals surface area (Å²) in [6, 6.07) is 41.7. The van der Waals surface area contributed by atoms with Gasteiger partial charge in [0.05, 0.1) is 6.42 Å². The van der Waals surface area contributed by atoms with Gasteiger partial charge in [-0.2, -0.15) is 0 Å². The van der Waals surface area contributed by atoms with Crippen LogP contribution in [0.3, 0.4) is 0 Å². The van der Waals surface area contributed by atoms with Crippen molar-refractivity contribution in [3.8, 4) is 0 Å². The molecule has 0 saturated heterocycles. The Bertz CT molecular complexity index is 1090. The van der Waals surface area contributed by atoms with Crippen molar-refractivity contribution < 1.29 is 9.53 Å². The molecule has 0 fully saturated rings. The maximum atomic E-state index is 12.7. The van der Waals surface area contributed by atoms with Crippen LogP contribution in [0.4, 0.5) is 0 Å². The molecule has 0 unspecified atom stereocenters. The van der Waals surface area contributed by atoms with Crippen LogP contribution in [0.5, 0.6) is 0 Å². The number of hydrogen-bond donors (Lipinski definition) is 0. The topological polar surface area (TPSA) is 32.8 Å². The Balaban J connectivity index is 1.28. The Morgan fingerprint density at radius 3 is 1.16 bits per heavy atom. The predicted octanol–water partition coefficient (Wildman–Crippen LogP) is 6.32. The van der Waals surface area contributed by atoms with Gasteiger partial charge in [-0.3, -0.25) is 14.6 Å². The average molecular weight is 493 g/mol. The number of ether oxygens (including phenoxy) is 1. The fourth-order valence-electron chi connectivity index (χ4n) is 4.40. The van der Waals surface area contributed by atoms with E-state index < -0.39 is 0 Å². The van der Waals surface area contributed by atoms with Gasteiger partial charge in [0.1, 0.15) is 6.61 Å². The monoisotopic (exact) mass is 492 g/mol. The fraction of sp³-hybridized carbons (Fsp3) is 0.242. The first kappa shape index (κ1) is 26.3. The van der Waals surface area contributed by atoms with E-state index in [1.807, 2.05) is 24.3 Å². The van der Waals surface area contributed by atoms with Gasteiger partial charge in [-0.05, 0) is 22.3 Å². The summed E-state index contributed by atoms with van der Waals surface area (Å²) in [5, 5.41) is 0. The van der Waals surface area contributed by atoms with Gasteiger partial charge in [0.25, 0.3) is 0 Å². The molecule has 4 aromatic carbocycles. The summed E-state index contributed by atoms with van der Waals surface area (Å²) in [7, 11) is 0. The Hall–Kier alpha value is -3.73. The number of hydrogen-bond acceptors (Lipinski definition) is 4. The molecule has 0 aliphatic heterocycles. The van der Waals surface area contributed by atoms with Crippen molar-refractivity contribution in [2.24, 2.45) is 0 Å². The normalized spacial score (nSPS) is 11.1. The molecule has 0 radical (unpaired) electrons. The van der Waals surface area contributed by atoms with Gasteiger partial charge in [0, 0.05) is 39.3 Å². The molecule has 0 heterocycles. The Morgan fingerprint density at radius 1 is 0.486 bits per heavy atom. The molecule has 0 aliphatic rings. The SMILES string of the molecule is O=C(CCN(Cc1ccccc1)Cc1ccccc1)OCCN(Cc1ccccc1)Cc1ccccc1. The lowest BCUT2D eigenvalue weighted by Crippen LogP contribution is -2.29. The van der Waals surface area contributed by atoms with Gasteiger partial charge < -0.3 is 4.74 Å². The second-order valence-electron chi connectivity index (χ2n) is 9.33. The summed E-state index contributed by atoms with van der Waals surface area (Å²) < 4.78 is 5.69. The lowest BCUT2D eigenvalue weighted by Gasteiger charge is -2.23. The van der Waals surface area contributed by atoms with Crippen molar-refractivity contribution in [2.75, 3.05) is 19.7 Å². The minimum absolute atomic E-state index is 0.148. The second kappa shape index (κ2) is 14.7. The van der Waals surface area contributed by atoms with Gasteiger partial charge in [-0.25, -0.2) is 0 Å². The number of esters is 1. The van der Waals surface area contributed by atoms with E-state index >= 15 is 0 Å². The predicted molar refractivity (Wildman–Crippen MR) is 150 cm³/mol. The Labute approximate surface area is 221 Å². The van der Waals surface area contributed by atoms with Gasteiger partial charge in [-0.1, -0.05) is 121 Å². The van der Waals surface area contributed by atoms with Gasteiger partial charge in [0.2, 0.25) is 0 Å². The molecule has 0 aliphatic carbocycles. The standard InChI is InChI=1S/C33H36N2O2/c36-33(21-22-34(25-29-13-5-1-6-14-29)26-30-15-7-2-8-16-30)37-24-23-35(27-31-17-9-3-10-18-31)28-32-19-11-4-12-20-32/h1-20H,21-28H2. The molecule has 4 nitrogen and oxygen atoms in total. The molecule has 0 N–H and O–H groups in total. The molecule has 0 amide bonds. The summed E-state index contributed by atoms with van der Waals surface area (Å²) in [5.74, 6) is -0.148. The molecule has 190 valence electrons. The highest BCUT2D eigenvalue weighted by Gasteiger charge is 2.13.